The van der Waals surface area contributed by atoms with E-state index in [0.717, 1.165) is 10.0 Å². The molecule has 2 rings (SSSR count). The van der Waals surface area contributed by atoms with Gasteiger partial charge in [0.1, 0.15) is 0 Å². The van der Waals surface area contributed by atoms with Crippen LogP contribution in [0.4, 0.5) is 0 Å². The van der Waals surface area contributed by atoms with Crippen LogP contribution in [0.5, 0.6) is 11.5 Å². The van der Waals surface area contributed by atoms with Gasteiger partial charge in [-0.2, -0.15) is 0 Å². The quantitative estimate of drug-likeness (QED) is 0.847. The summed E-state index contributed by atoms with van der Waals surface area (Å²) in [6.45, 7) is 4.37. The molecular weight excluding hydrogens is 338 g/mol. The maximum Gasteiger partial charge on any atom is 0.307 e. The number of methoxy groups -OCH3 is 1. The first-order valence-electron chi connectivity index (χ1n) is 6.92. The fourth-order valence-electron chi connectivity index (χ4n) is 2.52. The maximum absolute atomic E-state index is 11.1. The van der Waals surface area contributed by atoms with Gasteiger partial charge in [0.05, 0.1) is 19.1 Å². The van der Waals surface area contributed by atoms with Crippen molar-refractivity contribution in [3.05, 3.63) is 22.2 Å². The molecule has 1 aliphatic rings. The molecule has 2 atom stereocenters. The lowest BCUT2D eigenvalue weighted by Gasteiger charge is -2.21. The van der Waals surface area contributed by atoms with Crippen molar-refractivity contribution in [3.8, 4) is 11.5 Å². The number of carboxylic acid groups (broad SMARTS) is 1. The van der Waals surface area contributed by atoms with Gasteiger partial charge in [-0.25, -0.2) is 0 Å². The summed E-state index contributed by atoms with van der Waals surface area (Å²) in [6.07, 6.45) is 0.555. The second kappa shape index (κ2) is 6.66. The molecule has 1 aromatic carbocycles. The Balaban J connectivity index is 2.37. The van der Waals surface area contributed by atoms with E-state index in [1.807, 2.05) is 26.0 Å². The molecule has 116 valence electrons. The third-order valence-corrected chi connectivity index (χ3v) is 3.94. The van der Waals surface area contributed by atoms with Gasteiger partial charge in [0, 0.05) is 22.6 Å². The van der Waals surface area contributed by atoms with Crippen LogP contribution in [0, 0.1) is 5.92 Å². The molecule has 0 aromatic heterocycles. The van der Waals surface area contributed by atoms with Gasteiger partial charge in [0.25, 0.3) is 0 Å². The third-order valence-electron chi connectivity index (χ3n) is 3.48. The summed E-state index contributed by atoms with van der Waals surface area (Å²) in [5.41, 5.74) is 0.929. The highest BCUT2D eigenvalue weighted by molar-refractivity contribution is 9.10. The van der Waals surface area contributed by atoms with Crippen molar-refractivity contribution in [3.63, 3.8) is 0 Å². The molecule has 2 unspecified atom stereocenters. The molecule has 0 amide bonds. The fourth-order valence-corrected chi connectivity index (χ4v) is 2.98. The van der Waals surface area contributed by atoms with Crippen molar-refractivity contribution in [2.24, 2.45) is 5.92 Å². The van der Waals surface area contributed by atoms with Crippen molar-refractivity contribution in [2.75, 3.05) is 13.7 Å². The Hall–Kier alpha value is -1.27. The highest BCUT2D eigenvalue weighted by Gasteiger charge is 2.33. The second-order valence-corrected chi connectivity index (χ2v) is 6.34. The van der Waals surface area contributed by atoms with Crippen LogP contribution in [0.3, 0.4) is 0 Å². The number of carbonyl (C=O) groups is 1. The van der Waals surface area contributed by atoms with Crippen molar-refractivity contribution < 1.29 is 19.4 Å². The van der Waals surface area contributed by atoms with Gasteiger partial charge in [-0.1, -0.05) is 15.9 Å². The molecule has 1 saturated heterocycles. The molecule has 1 fully saturated rings. The van der Waals surface area contributed by atoms with Crippen LogP contribution in [-0.2, 0) is 4.79 Å². The fraction of sp³-hybridized carbons (Fsp3) is 0.533. The minimum atomic E-state index is -0.765. The van der Waals surface area contributed by atoms with Gasteiger partial charge in [0.2, 0.25) is 0 Å². The number of carboxylic acids is 1. The standard InChI is InChI=1S/C15H20BrNO4/c1-8(2)21-14-11(5-10(16)6-13(14)20-3)12-4-9(7-17-12)15(18)19/h5-6,8-9,12,17H,4,7H2,1-3H3,(H,18,19). The Morgan fingerprint density at radius 2 is 2.19 bits per heavy atom. The summed E-state index contributed by atoms with van der Waals surface area (Å²) in [7, 11) is 1.60. The molecule has 0 aliphatic carbocycles. The average Bonchev–Trinajstić information content (AvgIpc) is 2.89. The molecule has 1 heterocycles. The smallest absolute Gasteiger partial charge is 0.307 e. The van der Waals surface area contributed by atoms with Crippen LogP contribution in [0.2, 0.25) is 0 Å². The molecule has 0 saturated carbocycles. The molecule has 0 bridgehead atoms. The van der Waals surface area contributed by atoms with E-state index >= 15 is 0 Å². The average molecular weight is 358 g/mol. The van der Waals surface area contributed by atoms with Crippen LogP contribution in [0.25, 0.3) is 0 Å². The largest absolute Gasteiger partial charge is 0.493 e. The van der Waals surface area contributed by atoms with Crippen LogP contribution < -0.4 is 14.8 Å². The highest BCUT2D eigenvalue weighted by Crippen LogP contribution is 2.41. The summed E-state index contributed by atoms with van der Waals surface area (Å²) in [5, 5.41) is 12.4. The van der Waals surface area contributed by atoms with Crippen LogP contribution in [0.1, 0.15) is 31.9 Å². The van der Waals surface area contributed by atoms with E-state index in [0.29, 0.717) is 24.5 Å². The molecular formula is C15H20BrNO4. The Kier molecular flexibility index (Phi) is 5.11. The first-order valence-corrected chi connectivity index (χ1v) is 7.72. The SMILES string of the molecule is COc1cc(Br)cc(C2CC(C(=O)O)CN2)c1OC(C)C. The van der Waals surface area contributed by atoms with Gasteiger partial charge in [-0.05, 0) is 32.4 Å². The van der Waals surface area contributed by atoms with Crippen LogP contribution in [-0.4, -0.2) is 30.8 Å². The van der Waals surface area contributed by atoms with E-state index in [1.54, 1.807) is 7.11 Å². The van der Waals surface area contributed by atoms with E-state index in [1.165, 1.54) is 0 Å². The Morgan fingerprint density at radius 3 is 2.71 bits per heavy atom. The summed E-state index contributed by atoms with van der Waals surface area (Å²) in [4.78, 5) is 11.1. The van der Waals surface area contributed by atoms with E-state index < -0.39 is 5.97 Å². The van der Waals surface area contributed by atoms with Crippen molar-refractivity contribution >= 4 is 21.9 Å². The summed E-state index contributed by atoms with van der Waals surface area (Å²) in [6, 6.07) is 3.76. The molecule has 0 radical (unpaired) electrons. The maximum atomic E-state index is 11.1. The number of aliphatic carboxylic acids is 1. The predicted octanol–water partition coefficient (Wildman–Crippen LogP) is 2.98. The Morgan fingerprint density at radius 1 is 1.48 bits per heavy atom. The number of ether oxygens (including phenoxy) is 2. The van der Waals surface area contributed by atoms with Crippen molar-refractivity contribution in [1.82, 2.24) is 5.32 Å². The van der Waals surface area contributed by atoms with Gasteiger partial charge < -0.3 is 19.9 Å². The van der Waals surface area contributed by atoms with Gasteiger partial charge in [-0.15, -0.1) is 0 Å². The minimum absolute atomic E-state index is 0.00972. The topological polar surface area (TPSA) is 67.8 Å². The van der Waals surface area contributed by atoms with Crippen LogP contribution >= 0.6 is 15.9 Å². The van der Waals surface area contributed by atoms with Crippen LogP contribution in [0.15, 0.2) is 16.6 Å². The minimum Gasteiger partial charge on any atom is -0.493 e. The summed E-state index contributed by atoms with van der Waals surface area (Å²) in [5.74, 6) is 0.193. The molecule has 5 nitrogen and oxygen atoms in total. The Bertz CT molecular complexity index is 533. The number of benzene rings is 1. The Labute approximate surface area is 132 Å². The summed E-state index contributed by atoms with van der Waals surface area (Å²) >= 11 is 3.47. The zero-order valence-corrected chi connectivity index (χ0v) is 13.9. The lowest BCUT2D eigenvalue weighted by molar-refractivity contribution is -0.141. The zero-order chi connectivity index (χ0) is 15.6. The number of halogens is 1. The first-order chi connectivity index (χ1) is 9.92. The zero-order valence-electron chi connectivity index (χ0n) is 12.4. The molecule has 0 spiro atoms. The number of rotatable bonds is 5. The number of hydrogen-bond donors (Lipinski definition) is 2. The highest BCUT2D eigenvalue weighted by atomic mass is 79.9. The summed E-state index contributed by atoms with van der Waals surface area (Å²) < 4.78 is 12.2. The number of nitrogens with one attached hydrogen (secondary N) is 1. The van der Waals surface area contributed by atoms with Gasteiger partial charge in [0.15, 0.2) is 11.5 Å². The predicted molar refractivity (Wildman–Crippen MR) is 82.9 cm³/mol. The van der Waals surface area contributed by atoms with E-state index in [4.69, 9.17) is 14.6 Å². The lowest BCUT2D eigenvalue weighted by Crippen LogP contribution is -2.18. The second-order valence-electron chi connectivity index (χ2n) is 5.42. The van der Waals surface area contributed by atoms with Gasteiger partial charge >= 0.3 is 5.97 Å². The molecule has 1 aliphatic heterocycles. The monoisotopic (exact) mass is 357 g/mol. The molecule has 6 heteroatoms. The van der Waals surface area contributed by atoms with Crippen molar-refractivity contribution in [2.45, 2.75) is 32.4 Å². The van der Waals surface area contributed by atoms with E-state index in [9.17, 15) is 4.79 Å². The normalized spacial score (nSPS) is 21.6. The molecule has 21 heavy (non-hydrogen) atoms. The molecule has 2 N–H and O–H groups in total. The van der Waals surface area contributed by atoms with E-state index in [-0.39, 0.29) is 18.1 Å². The van der Waals surface area contributed by atoms with Crippen molar-refractivity contribution in [1.29, 1.82) is 0 Å². The first kappa shape index (κ1) is 16.1. The number of hydrogen-bond acceptors (Lipinski definition) is 4. The van der Waals surface area contributed by atoms with E-state index in [2.05, 4.69) is 21.2 Å². The molecule has 1 aromatic rings. The lowest BCUT2D eigenvalue weighted by atomic mass is 9.99. The van der Waals surface area contributed by atoms with Gasteiger partial charge in [-0.3, -0.25) is 4.79 Å². The third kappa shape index (κ3) is 3.68.